The Labute approximate surface area is 164 Å². The van der Waals surface area contributed by atoms with Crippen molar-refractivity contribution in [1.82, 2.24) is 20.1 Å². The molecule has 1 unspecified atom stereocenters. The van der Waals surface area contributed by atoms with E-state index in [0.717, 1.165) is 29.7 Å². The molecule has 1 aliphatic heterocycles. The molecule has 2 amide bonds. The van der Waals surface area contributed by atoms with Gasteiger partial charge in [0, 0.05) is 13.1 Å². The summed E-state index contributed by atoms with van der Waals surface area (Å²) in [7, 11) is 3.72. The van der Waals surface area contributed by atoms with Crippen LogP contribution in [0.2, 0.25) is 0 Å². The predicted molar refractivity (Wildman–Crippen MR) is 107 cm³/mol. The summed E-state index contributed by atoms with van der Waals surface area (Å²) in [5.74, 6) is -0.0519. The molecule has 27 heavy (non-hydrogen) atoms. The van der Waals surface area contributed by atoms with Gasteiger partial charge in [-0.2, -0.15) is 0 Å². The second-order valence-corrected chi connectivity index (χ2v) is 8.02. The Morgan fingerprint density at radius 1 is 1.30 bits per heavy atom. The van der Waals surface area contributed by atoms with Crippen molar-refractivity contribution in [2.24, 2.45) is 0 Å². The Balaban J connectivity index is 1.57. The second-order valence-electron chi connectivity index (χ2n) is 7.16. The molecule has 1 aromatic carbocycles. The van der Waals surface area contributed by atoms with Crippen molar-refractivity contribution in [3.05, 3.63) is 41.0 Å². The number of carbonyl (C=O) groups is 2. The highest BCUT2D eigenvalue weighted by molar-refractivity contribution is 7.13. The lowest BCUT2D eigenvalue weighted by Crippen LogP contribution is -2.48. The van der Waals surface area contributed by atoms with Crippen molar-refractivity contribution in [2.45, 2.75) is 32.4 Å². The van der Waals surface area contributed by atoms with Crippen molar-refractivity contribution in [3.63, 3.8) is 0 Å². The Morgan fingerprint density at radius 3 is 2.67 bits per heavy atom. The number of benzene rings is 1. The van der Waals surface area contributed by atoms with Crippen LogP contribution in [-0.4, -0.2) is 59.8 Å². The molecule has 1 aliphatic rings. The third-order valence-electron chi connectivity index (χ3n) is 4.76. The number of likely N-dealkylation sites (N-methyl/N-ethyl adjacent to an activating group) is 1. The summed E-state index contributed by atoms with van der Waals surface area (Å²) in [6, 6.07) is 7.82. The second kappa shape index (κ2) is 8.63. The number of rotatable bonds is 6. The summed E-state index contributed by atoms with van der Waals surface area (Å²) < 4.78 is 0. The van der Waals surface area contributed by atoms with Gasteiger partial charge in [0.05, 0.1) is 22.6 Å². The molecule has 1 aromatic heterocycles. The van der Waals surface area contributed by atoms with Crippen LogP contribution in [0.5, 0.6) is 0 Å². The van der Waals surface area contributed by atoms with Gasteiger partial charge in [0.15, 0.2) is 0 Å². The molecule has 0 spiro atoms. The van der Waals surface area contributed by atoms with E-state index < -0.39 is 0 Å². The summed E-state index contributed by atoms with van der Waals surface area (Å²) in [6.07, 6.45) is 1.61. The summed E-state index contributed by atoms with van der Waals surface area (Å²) >= 11 is 1.63. The van der Waals surface area contributed by atoms with Gasteiger partial charge in [0.2, 0.25) is 11.8 Å². The fourth-order valence-electron chi connectivity index (χ4n) is 3.36. The first-order valence-electron chi connectivity index (χ1n) is 9.17. The fourth-order valence-corrected chi connectivity index (χ4v) is 4.17. The SMILES string of the molecule is Cc1ncsc1-c1ccc(CNC(=O)C2CCCN2C(=O)CN(C)C)cc1. The number of aryl methyl sites for hydroxylation is 1. The Morgan fingerprint density at radius 2 is 2.04 bits per heavy atom. The molecule has 1 fully saturated rings. The van der Waals surface area contributed by atoms with E-state index >= 15 is 0 Å². The molecular formula is C20H26N4O2S. The van der Waals surface area contributed by atoms with E-state index in [0.29, 0.717) is 19.6 Å². The van der Waals surface area contributed by atoms with Crippen LogP contribution in [0.1, 0.15) is 24.1 Å². The molecule has 2 aromatic rings. The Kier molecular flexibility index (Phi) is 6.23. The highest BCUT2D eigenvalue weighted by Gasteiger charge is 2.33. The van der Waals surface area contributed by atoms with Gasteiger partial charge in [-0.05, 0) is 45.0 Å². The maximum absolute atomic E-state index is 12.6. The highest BCUT2D eigenvalue weighted by atomic mass is 32.1. The van der Waals surface area contributed by atoms with Gasteiger partial charge in [-0.1, -0.05) is 24.3 Å². The van der Waals surface area contributed by atoms with Crippen LogP contribution in [0.25, 0.3) is 10.4 Å². The van der Waals surface area contributed by atoms with Gasteiger partial charge >= 0.3 is 0 Å². The molecule has 1 atom stereocenters. The first-order chi connectivity index (χ1) is 13.0. The number of hydrogen-bond acceptors (Lipinski definition) is 5. The fraction of sp³-hybridized carbons (Fsp3) is 0.450. The highest BCUT2D eigenvalue weighted by Crippen LogP contribution is 2.27. The number of nitrogens with one attached hydrogen (secondary N) is 1. The zero-order valence-electron chi connectivity index (χ0n) is 16.1. The molecule has 7 heteroatoms. The predicted octanol–water partition coefficient (Wildman–Crippen LogP) is 2.29. The lowest BCUT2D eigenvalue weighted by atomic mass is 10.1. The topological polar surface area (TPSA) is 65.5 Å². The molecule has 2 heterocycles. The van der Waals surface area contributed by atoms with E-state index in [1.807, 2.05) is 43.6 Å². The van der Waals surface area contributed by atoms with Crippen molar-refractivity contribution in [1.29, 1.82) is 0 Å². The van der Waals surface area contributed by atoms with Crippen molar-refractivity contribution in [3.8, 4) is 10.4 Å². The summed E-state index contributed by atoms with van der Waals surface area (Å²) in [4.78, 5) is 33.9. The van der Waals surface area contributed by atoms with E-state index in [1.165, 1.54) is 4.88 Å². The van der Waals surface area contributed by atoms with Crippen LogP contribution in [0, 0.1) is 6.92 Å². The molecule has 0 bridgehead atoms. The third kappa shape index (κ3) is 4.73. The quantitative estimate of drug-likeness (QED) is 0.827. The number of likely N-dealkylation sites (tertiary alicyclic amines) is 1. The lowest BCUT2D eigenvalue weighted by molar-refractivity contribution is -0.138. The number of aromatic nitrogens is 1. The van der Waals surface area contributed by atoms with Gasteiger partial charge in [0.25, 0.3) is 0 Å². The number of nitrogens with zero attached hydrogens (tertiary/aromatic N) is 3. The maximum Gasteiger partial charge on any atom is 0.243 e. The molecule has 1 saturated heterocycles. The normalized spacial score (nSPS) is 16.7. The van der Waals surface area contributed by atoms with Gasteiger partial charge in [-0.15, -0.1) is 11.3 Å². The van der Waals surface area contributed by atoms with Gasteiger partial charge < -0.3 is 15.1 Å². The summed E-state index contributed by atoms with van der Waals surface area (Å²) in [5.41, 5.74) is 5.06. The first kappa shape index (κ1) is 19.5. The Hall–Kier alpha value is -2.25. The minimum Gasteiger partial charge on any atom is -0.350 e. The first-order valence-corrected chi connectivity index (χ1v) is 10.0. The van der Waals surface area contributed by atoms with E-state index in [-0.39, 0.29) is 17.9 Å². The summed E-state index contributed by atoms with van der Waals surface area (Å²) in [5, 5.41) is 2.99. The molecule has 3 rings (SSSR count). The van der Waals surface area contributed by atoms with E-state index in [9.17, 15) is 9.59 Å². The minimum atomic E-state index is -0.350. The van der Waals surface area contributed by atoms with Crippen molar-refractivity contribution >= 4 is 23.2 Å². The molecular weight excluding hydrogens is 360 g/mol. The zero-order chi connectivity index (χ0) is 19.4. The number of thiazole rings is 1. The zero-order valence-corrected chi connectivity index (χ0v) is 16.9. The number of amides is 2. The standard InChI is InChI=1S/C20H26N4O2S/c1-14-19(27-13-22-14)16-8-6-15(7-9-16)11-21-20(26)17-5-4-10-24(17)18(25)12-23(2)3/h6-9,13,17H,4-5,10-12H2,1-3H3,(H,21,26). The molecule has 0 aliphatic carbocycles. The van der Waals surface area contributed by atoms with E-state index in [4.69, 9.17) is 0 Å². The van der Waals surface area contributed by atoms with Gasteiger partial charge in [0.1, 0.15) is 6.04 Å². The number of carbonyl (C=O) groups excluding carboxylic acids is 2. The van der Waals surface area contributed by atoms with Crippen LogP contribution in [0.4, 0.5) is 0 Å². The van der Waals surface area contributed by atoms with Crippen molar-refractivity contribution < 1.29 is 9.59 Å². The lowest BCUT2D eigenvalue weighted by Gasteiger charge is -2.25. The molecule has 0 saturated carbocycles. The third-order valence-corrected chi connectivity index (χ3v) is 5.73. The molecule has 0 radical (unpaired) electrons. The van der Waals surface area contributed by atoms with Crippen LogP contribution >= 0.6 is 11.3 Å². The largest absolute Gasteiger partial charge is 0.350 e. The van der Waals surface area contributed by atoms with E-state index in [1.54, 1.807) is 16.2 Å². The van der Waals surface area contributed by atoms with Crippen LogP contribution in [0.15, 0.2) is 29.8 Å². The molecule has 6 nitrogen and oxygen atoms in total. The molecule has 144 valence electrons. The van der Waals surface area contributed by atoms with E-state index in [2.05, 4.69) is 22.4 Å². The van der Waals surface area contributed by atoms with Crippen LogP contribution in [0.3, 0.4) is 0 Å². The average molecular weight is 387 g/mol. The van der Waals surface area contributed by atoms with Gasteiger partial charge in [-0.3, -0.25) is 9.59 Å². The van der Waals surface area contributed by atoms with Crippen molar-refractivity contribution in [2.75, 3.05) is 27.2 Å². The smallest absolute Gasteiger partial charge is 0.243 e. The Bertz CT molecular complexity index is 801. The summed E-state index contributed by atoms with van der Waals surface area (Å²) in [6.45, 7) is 3.47. The van der Waals surface area contributed by atoms with Gasteiger partial charge in [-0.25, -0.2) is 4.98 Å². The number of hydrogen-bond donors (Lipinski definition) is 1. The molecule has 1 N–H and O–H groups in total. The monoisotopic (exact) mass is 386 g/mol. The maximum atomic E-state index is 12.6. The minimum absolute atomic E-state index is 0.0157. The van der Waals surface area contributed by atoms with Crippen LogP contribution < -0.4 is 5.32 Å². The van der Waals surface area contributed by atoms with Crippen LogP contribution in [-0.2, 0) is 16.1 Å². The average Bonchev–Trinajstić information content (AvgIpc) is 3.28.